The predicted molar refractivity (Wildman–Crippen MR) is 67.9 cm³/mol. The summed E-state index contributed by atoms with van der Waals surface area (Å²) in [5.74, 6) is 0. The monoisotopic (exact) mass is 268 g/mol. The standard InChI is InChI=1S/C12H10BF3NS/c1-13-7-10-6-11(17-18-10)8-2-4-9(5-3-8)12(14,15)16/h2-6H,7H2,1H3. The fraction of sp³-hybridized carbons (Fsp3) is 0.250. The molecular weight excluding hydrogens is 258 g/mol. The lowest BCUT2D eigenvalue weighted by molar-refractivity contribution is -0.137. The van der Waals surface area contributed by atoms with Crippen molar-refractivity contribution in [3.8, 4) is 11.3 Å². The molecule has 18 heavy (non-hydrogen) atoms. The van der Waals surface area contributed by atoms with E-state index in [-0.39, 0.29) is 0 Å². The van der Waals surface area contributed by atoms with Crippen LogP contribution < -0.4 is 0 Å². The van der Waals surface area contributed by atoms with Crippen LogP contribution in [0, 0.1) is 0 Å². The van der Waals surface area contributed by atoms with E-state index in [1.807, 2.05) is 20.2 Å². The molecule has 0 aliphatic heterocycles. The van der Waals surface area contributed by atoms with Crippen LogP contribution in [0.3, 0.4) is 0 Å². The smallest absolute Gasteiger partial charge is 0.192 e. The molecule has 0 spiro atoms. The minimum atomic E-state index is -4.29. The number of benzene rings is 1. The van der Waals surface area contributed by atoms with Crippen LogP contribution >= 0.6 is 11.5 Å². The van der Waals surface area contributed by atoms with E-state index in [9.17, 15) is 13.2 Å². The fourth-order valence-corrected chi connectivity index (χ4v) is 2.36. The summed E-state index contributed by atoms with van der Waals surface area (Å²) < 4.78 is 41.5. The molecule has 0 aliphatic rings. The molecule has 0 atom stereocenters. The first-order chi connectivity index (χ1) is 8.50. The van der Waals surface area contributed by atoms with Crippen LogP contribution in [0.5, 0.6) is 0 Å². The Bertz CT molecular complexity index is 519. The van der Waals surface area contributed by atoms with Gasteiger partial charge in [0.1, 0.15) is 7.28 Å². The highest BCUT2D eigenvalue weighted by atomic mass is 32.1. The minimum Gasteiger partial charge on any atom is -0.192 e. The molecule has 6 heteroatoms. The van der Waals surface area contributed by atoms with Gasteiger partial charge in [-0.15, -0.1) is 0 Å². The molecule has 1 aromatic carbocycles. The molecule has 1 nitrogen and oxygen atoms in total. The van der Waals surface area contributed by atoms with Crippen LogP contribution in [0.2, 0.25) is 6.82 Å². The Morgan fingerprint density at radius 1 is 1.22 bits per heavy atom. The second kappa shape index (κ2) is 5.14. The van der Waals surface area contributed by atoms with E-state index < -0.39 is 11.7 Å². The van der Waals surface area contributed by atoms with Crippen LogP contribution in [-0.2, 0) is 12.5 Å². The van der Waals surface area contributed by atoms with Gasteiger partial charge < -0.3 is 0 Å². The van der Waals surface area contributed by atoms with Gasteiger partial charge in [-0.1, -0.05) is 19.0 Å². The third-order valence-electron chi connectivity index (χ3n) is 2.47. The molecule has 0 saturated heterocycles. The second-order valence-electron chi connectivity index (χ2n) is 3.87. The first-order valence-corrected chi connectivity index (χ1v) is 6.19. The SMILES string of the molecule is C[B]Cc1cc(-c2ccc(C(F)(F)F)cc2)ns1. The van der Waals surface area contributed by atoms with Gasteiger partial charge in [-0.05, 0) is 36.1 Å². The van der Waals surface area contributed by atoms with Crippen molar-refractivity contribution in [2.45, 2.75) is 19.3 Å². The normalized spacial score (nSPS) is 11.6. The van der Waals surface area contributed by atoms with Gasteiger partial charge in [-0.25, -0.2) is 0 Å². The summed E-state index contributed by atoms with van der Waals surface area (Å²) in [6.45, 7) is 1.96. The Morgan fingerprint density at radius 2 is 1.89 bits per heavy atom. The second-order valence-corrected chi connectivity index (χ2v) is 4.76. The van der Waals surface area contributed by atoms with E-state index in [0.29, 0.717) is 5.56 Å². The summed E-state index contributed by atoms with van der Waals surface area (Å²) in [6.07, 6.45) is -3.46. The fourth-order valence-electron chi connectivity index (χ4n) is 1.58. The summed E-state index contributed by atoms with van der Waals surface area (Å²) >= 11 is 1.38. The zero-order valence-corrected chi connectivity index (χ0v) is 10.5. The maximum Gasteiger partial charge on any atom is 0.416 e. The Hall–Kier alpha value is -1.30. The summed E-state index contributed by atoms with van der Waals surface area (Å²) in [6, 6.07) is 6.99. The highest BCUT2D eigenvalue weighted by Gasteiger charge is 2.30. The third-order valence-corrected chi connectivity index (χ3v) is 3.28. The Morgan fingerprint density at radius 3 is 2.44 bits per heavy atom. The number of halogens is 3. The maximum absolute atomic E-state index is 12.4. The van der Waals surface area contributed by atoms with Gasteiger partial charge >= 0.3 is 6.18 Å². The predicted octanol–water partition coefficient (Wildman–Crippen LogP) is 4.08. The minimum absolute atomic E-state index is 0.636. The molecule has 93 valence electrons. The van der Waals surface area contributed by atoms with Crippen molar-refractivity contribution >= 4 is 18.8 Å². The molecule has 0 N–H and O–H groups in total. The van der Waals surface area contributed by atoms with Crippen molar-refractivity contribution in [1.82, 2.24) is 4.37 Å². The zero-order chi connectivity index (χ0) is 13.2. The van der Waals surface area contributed by atoms with E-state index in [2.05, 4.69) is 4.37 Å². The van der Waals surface area contributed by atoms with E-state index in [1.54, 1.807) is 0 Å². The van der Waals surface area contributed by atoms with Gasteiger partial charge in [0.2, 0.25) is 0 Å². The van der Waals surface area contributed by atoms with Crippen LogP contribution in [0.4, 0.5) is 13.2 Å². The molecule has 1 heterocycles. The molecule has 0 fully saturated rings. The lowest BCUT2D eigenvalue weighted by atomic mass is 9.77. The summed E-state index contributed by atoms with van der Waals surface area (Å²) in [4.78, 5) is 1.10. The average molecular weight is 268 g/mol. The maximum atomic E-state index is 12.4. The summed E-state index contributed by atoms with van der Waals surface area (Å²) in [5, 5.41) is 0. The number of hydrogen-bond acceptors (Lipinski definition) is 2. The van der Waals surface area contributed by atoms with Crippen molar-refractivity contribution in [2.24, 2.45) is 0 Å². The molecule has 2 rings (SSSR count). The van der Waals surface area contributed by atoms with Crippen molar-refractivity contribution < 1.29 is 13.2 Å². The molecule has 2 aromatic rings. The largest absolute Gasteiger partial charge is 0.416 e. The Labute approximate surface area is 108 Å². The number of nitrogens with zero attached hydrogens (tertiary/aromatic N) is 1. The van der Waals surface area contributed by atoms with E-state index in [1.165, 1.54) is 23.7 Å². The quantitative estimate of drug-likeness (QED) is 0.764. The van der Waals surface area contributed by atoms with Gasteiger partial charge in [0, 0.05) is 10.4 Å². The van der Waals surface area contributed by atoms with E-state index in [4.69, 9.17) is 0 Å². The Balaban J connectivity index is 2.23. The molecule has 0 aliphatic carbocycles. The van der Waals surface area contributed by atoms with Gasteiger partial charge in [0.25, 0.3) is 0 Å². The molecule has 0 amide bonds. The van der Waals surface area contributed by atoms with Crippen molar-refractivity contribution in [2.75, 3.05) is 0 Å². The first-order valence-electron chi connectivity index (χ1n) is 5.42. The van der Waals surface area contributed by atoms with Gasteiger partial charge in [0.15, 0.2) is 0 Å². The molecular formula is C12H10BF3NS. The van der Waals surface area contributed by atoms with E-state index in [0.717, 1.165) is 29.0 Å². The van der Waals surface area contributed by atoms with Gasteiger partial charge in [0.05, 0.1) is 11.3 Å². The molecule has 0 unspecified atom stereocenters. The molecule has 0 saturated carbocycles. The summed E-state index contributed by atoms with van der Waals surface area (Å²) in [7, 11) is 2.02. The van der Waals surface area contributed by atoms with Gasteiger partial charge in [-0.2, -0.15) is 17.5 Å². The number of rotatable bonds is 3. The highest BCUT2D eigenvalue weighted by Crippen LogP contribution is 2.31. The van der Waals surface area contributed by atoms with Crippen LogP contribution in [0.1, 0.15) is 10.4 Å². The number of aromatic nitrogens is 1. The van der Waals surface area contributed by atoms with Gasteiger partial charge in [-0.3, -0.25) is 0 Å². The van der Waals surface area contributed by atoms with Crippen LogP contribution in [0.15, 0.2) is 30.3 Å². The van der Waals surface area contributed by atoms with Crippen molar-refractivity contribution in [3.63, 3.8) is 0 Å². The van der Waals surface area contributed by atoms with E-state index >= 15 is 0 Å². The first kappa shape index (κ1) is 13.1. The number of alkyl halides is 3. The van der Waals surface area contributed by atoms with Crippen LogP contribution in [0.25, 0.3) is 11.3 Å². The molecule has 1 radical (unpaired) electrons. The lowest BCUT2D eigenvalue weighted by Crippen LogP contribution is -2.03. The molecule has 1 aromatic heterocycles. The number of hydrogen-bond donors (Lipinski definition) is 0. The molecule has 0 bridgehead atoms. The lowest BCUT2D eigenvalue weighted by Gasteiger charge is -2.06. The Kier molecular flexibility index (Phi) is 3.75. The average Bonchev–Trinajstić information content (AvgIpc) is 2.77. The van der Waals surface area contributed by atoms with Crippen molar-refractivity contribution in [3.05, 3.63) is 40.8 Å². The highest BCUT2D eigenvalue weighted by molar-refractivity contribution is 7.06. The zero-order valence-electron chi connectivity index (χ0n) is 9.66. The third kappa shape index (κ3) is 2.93. The van der Waals surface area contributed by atoms with Crippen molar-refractivity contribution in [1.29, 1.82) is 0 Å². The summed E-state index contributed by atoms with van der Waals surface area (Å²) in [5.41, 5.74) is 0.802. The van der Waals surface area contributed by atoms with Crippen LogP contribution in [-0.4, -0.2) is 11.7 Å². The topological polar surface area (TPSA) is 12.9 Å².